The molecular formula is C13H7Cl2NO5S. The average molecular weight is 360 g/mol. The number of Topliss-reactive ketones (excluding diaryl/α,β-unsaturated/α-hetero) is 1. The van der Waals surface area contributed by atoms with Gasteiger partial charge in [0.1, 0.15) is 5.02 Å². The van der Waals surface area contributed by atoms with Crippen LogP contribution in [-0.4, -0.2) is 23.3 Å². The smallest absolute Gasteiger partial charge is 0.338 e. The molecule has 0 N–H and O–H groups in total. The lowest BCUT2D eigenvalue weighted by molar-refractivity contribution is -0.384. The van der Waals surface area contributed by atoms with Crippen molar-refractivity contribution >= 4 is 52.0 Å². The number of esters is 1. The highest BCUT2D eigenvalue weighted by atomic mass is 35.5. The number of carbonyl (C=O) groups excluding carboxylic acids is 2. The molecule has 0 fully saturated rings. The van der Waals surface area contributed by atoms with Crippen molar-refractivity contribution in [2.24, 2.45) is 0 Å². The van der Waals surface area contributed by atoms with E-state index in [1.807, 2.05) is 0 Å². The summed E-state index contributed by atoms with van der Waals surface area (Å²) in [5.41, 5.74) is -0.472. The molecule has 0 atom stereocenters. The number of nitrogens with zero attached hydrogens (tertiary/aromatic N) is 1. The van der Waals surface area contributed by atoms with Crippen molar-refractivity contribution < 1.29 is 19.2 Å². The fourth-order valence-electron chi connectivity index (χ4n) is 1.53. The van der Waals surface area contributed by atoms with Crippen LogP contribution in [0.2, 0.25) is 9.36 Å². The molecule has 0 unspecified atom stereocenters. The van der Waals surface area contributed by atoms with Crippen molar-refractivity contribution in [2.75, 3.05) is 6.61 Å². The SMILES string of the molecule is O=C(OCC(=O)c1ccc(Cl)s1)c1ccc(Cl)c([N+](=O)[O-])c1. The van der Waals surface area contributed by atoms with Crippen molar-refractivity contribution in [3.05, 3.63) is 60.2 Å². The van der Waals surface area contributed by atoms with Gasteiger partial charge in [0.2, 0.25) is 5.78 Å². The first-order valence-corrected chi connectivity index (χ1v) is 7.35. The summed E-state index contributed by atoms with van der Waals surface area (Å²) in [5.74, 6) is -1.26. The molecule has 0 saturated carbocycles. The lowest BCUT2D eigenvalue weighted by Gasteiger charge is -2.04. The van der Waals surface area contributed by atoms with Crippen LogP contribution in [0.1, 0.15) is 20.0 Å². The minimum atomic E-state index is -0.851. The summed E-state index contributed by atoms with van der Waals surface area (Å²) in [6.07, 6.45) is 0. The van der Waals surface area contributed by atoms with Gasteiger partial charge in [0.25, 0.3) is 5.69 Å². The second-order valence-corrected chi connectivity index (χ2v) is 6.15. The van der Waals surface area contributed by atoms with Crippen LogP contribution in [0.25, 0.3) is 0 Å². The number of ketones is 1. The highest BCUT2D eigenvalue weighted by Gasteiger charge is 2.18. The van der Waals surface area contributed by atoms with Gasteiger partial charge >= 0.3 is 5.97 Å². The summed E-state index contributed by atoms with van der Waals surface area (Å²) in [7, 11) is 0. The Kier molecular flexibility index (Phi) is 5.12. The van der Waals surface area contributed by atoms with Crippen LogP contribution >= 0.6 is 34.5 Å². The molecule has 0 aliphatic rings. The molecule has 9 heteroatoms. The normalized spacial score (nSPS) is 10.3. The third-order valence-corrected chi connectivity index (χ3v) is 4.15. The first-order valence-electron chi connectivity index (χ1n) is 5.78. The van der Waals surface area contributed by atoms with Crippen LogP contribution in [0.4, 0.5) is 5.69 Å². The Balaban J connectivity index is 2.05. The summed E-state index contributed by atoms with van der Waals surface area (Å²) < 4.78 is 5.28. The number of nitro groups is 1. The van der Waals surface area contributed by atoms with Gasteiger partial charge in [0, 0.05) is 6.07 Å². The fourth-order valence-corrected chi connectivity index (χ4v) is 2.68. The lowest BCUT2D eigenvalue weighted by atomic mass is 10.2. The van der Waals surface area contributed by atoms with Crippen molar-refractivity contribution in [3.63, 3.8) is 0 Å². The monoisotopic (exact) mass is 359 g/mol. The molecule has 1 aromatic heterocycles. The number of halogens is 2. The first kappa shape index (κ1) is 16.4. The molecule has 1 aromatic carbocycles. The number of hydrogen-bond acceptors (Lipinski definition) is 6. The molecule has 2 aromatic rings. The van der Waals surface area contributed by atoms with Gasteiger partial charge in [-0.05, 0) is 24.3 Å². The molecule has 1 heterocycles. The maximum Gasteiger partial charge on any atom is 0.338 e. The summed E-state index contributed by atoms with van der Waals surface area (Å²) in [5, 5.41) is 10.7. The van der Waals surface area contributed by atoms with Gasteiger partial charge in [-0.2, -0.15) is 0 Å². The minimum Gasteiger partial charge on any atom is -0.454 e. The standard InChI is InChI=1S/C13H7Cl2NO5S/c14-8-2-1-7(5-9(8)16(19)20)13(18)21-6-10(17)11-3-4-12(15)22-11/h1-5H,6H2. The summed E-state index contributed by atoms with van der Waals surface area (Å²) in [4.78, 5) is 34.0. The van der Waals surface area contributed by atoms with Gasteiger partial charge in [-0.15, -0.1) is 11.3 Å². The Labute approximate surface area is 138 Å². The predicted octanol–water partition coefficient (Wildman–Crippen LogP) is 4.00. The van der Waals surface area contributed by atoms with Crippen LogP contribution in [0.3, 0.4) is 0 Å². The largest absolute Gasteiger partial charge is 0.454 e. The predicted molar refractivity (Wildman–Crippen MR) is 82.0 cm³/mol. The Morgan fingerprint density at radius 2 is 1.95 bits per heavy atom. The van der Waals surface area contributed by atoms with E-state index in [9.17, 15) is 19.7 Å². The third kappa shape index (κ3) is 3.82. The van der Waals surface area contributed by atoms with E-state index in [-0.39, 0.29) is 10.6 Å². The van der Waals surface area contributed by atoms with E-state index in [2.05, 4.69) is 0 Å². The number of ether oxygens (including phenoxy) is 1. The fraction of sp³-hybridized carbons (Fsp3) is 0.0769. The summed E-state index contributed by atoms with van der Waals surface area (Å²) >= 11 is 12.4. The maximum atomic E-state index is 11.8. The number of nitro benzene ring substituents is 1. The van der Waals surface area contributed by atoms with Crippen molar-refractivity contribution in [1.82, 2.24) is 0 Å². The van der Waals surface area contributed by atoms with E-state index in [1.54, 1.807) is 6.07 Å². The number of hydrogen-bond donors (Lipinski definition) is 0. The van der Waals surface area contributed by atoms with E-state index < -0.39 is 29.0 Å². The molecule has 114 valence electrons. The molecule has 0 aliphatic heterocycles. The van der Waals surface area contributed by atoms with E-state index in [4.69, 9.17) is 27.9 Å². The topological polar surface area (TPSA) is 86.5 Å². The van der Waals surface area contributed by atoms with E-state index in [0.717, 1.165) is 17.4 Å². The molecule has 22 heavy (non-hydrogen) atoms. The zero-order chi connectivity index (χ0) is 16.3. The summed E-state index contributed by atoms with van der Waals surface area (Å²) in [6, 6.07) is 6.58. The Morgan fingerprint density at radius 1 is 1.23 bits per heavy atom. The molecule has 0 bridgehead atoms. The van der Waals surface area contributed by atoms with Crippen molar-refractivity contribution in [3.8, 4) is 0 Å². The highest BCUT2D eigenvalue weighted by Crippen LogP contribution is 2.25. The number of carbonyl (C=O) groups is 2. The Bertz CT molecular complexity index is 759. The van der Waals surface area contributed by atoms with Crippen molar-refractivity contribution in [2.45, 2.75) is 0 Å². The van der Waals surface area contributed by atoms with Crippen LogP contribution in [0, 0.1) is 10.1 Å². The lowest BCUT2D eigenvalue weighted by Crippen LogP contribution is -2.13. The van der Waals surface area contributed by atoms with Gasteiger partial charge in [0.15, 0.2) is 6.61 Å². The summed E-state index contributed by atoms with van der Waals surface area (Å²) in [6.45, 7) is -0.480. The van der Waals surface area contributed by atoms with Gasteiger partial charge < -0.3 is 4.74 Å². The zero-order valence-corrected chi connectivity index (χ0v) is 13.1. The number of thiophene rings is 1. The van der Waals surface area contributed by atoms with E-state index in [0.29, 0.717) is 9.21 Å². The Morgan fingerprint density at radius 3 is 2.55 bits per heavy atom. The van der Waals surface area contributed by atoms with Gasteiger partial charge in [0.05, 0.1) is 19.7 Å². The average Bonchev–Trinajstić information content (AvgIpc) is 2.91. The van der Waals surface area contributed by atoms with Crippen LogP contribution in [-0.2, 0) is 4.74 Å². The van der Waals surface area contributed by atoms with E-state index in [1.165, 1.54) is 18.2 Å². The van der Waals surface area contributed by atoms with Crippen LogP contribution in [0.15, 0.2) is 30.3 Å². The molecule has 6 nitrogen and oxygen atoms in total. The van der Waals surface area contributed by atoms with E-state index >= 15 is 0 Å². The van der Waals surface area contributed by atoms with Crippen LogP contribution < -0.4 is 0 Å². The minimum absolute atomic E-state index is 0.0619. The second kappa shape index (κ2) is 6.87. The molecule has 2 rings (SSSR count). The quantitative estimate of drug-likeness (QED) is 0.348. The second-order valence-electron chi connectivity index (χ2n) is 4.03. The zero-order valence-electron chi connectivity index (χ0n) is 10.7. The molecule has 0 radical (unpaired) electrons. The number of benzene rings is 1. The highest BCUT2D eigenvalue weighted by molar-refractivity contribution is 7.18. The van der Waals surface area contributed by atoms with Crippen molar-refractivity contribution in [1.29, 1.82) is 0 Å². The molecule has 0 amide bonds. The maximum absolute atomic E-state index is 11.8. The molecular weight excluding hydrogens is 353 g/mol. The van der Waals surface area contributed by atoms with Gasteiger partial charge in [-0.1, -0.05) is 23.2 Å². The van der Waals surface area contributed by atoms with Gasteiger partial charge in [-0.25, -0.2) is 4.79 Å². The first-order chi connectivity index (χ1) is 10.4. The Hall–Kier alpha value is -1.96. The number of rotatable bonds is 5. The molecule has 0 spiro atoms. The molecule has 0 saturated heterocycles. The van der Waals surface area contributed by atoms with Gasteiger partial charge in [-0.3, -0.25) is 14.9 Å². The van der Waals surface area contributed by atoms with Crippen LogP contribution in [0.5, 0.6) is 0 Å². The third-order valence-electron chi connectivity index (χ3n) is 2.56. The molecule has 0 aliphatic carbocycles.